The van der Waals surface area contributed by atoms with Crippen molar-refractivity contribution in [1.82, 2.24) is 0 Å². The lowest BCUT2D eigenvalue weighted by Gasteiger charge is -2.16. The Morgan fingerprint density at radius 2 is 2.29 bits per heavy atom. The zero-order valence-corrected chi connectivity index (χ0v) is 9.98. The third-order valence-electron chi connectivity index (χ3n) is 2.37. The van der Waals surface area contributed by atoms with E-state index in [2.05, 4.69) is 6.07 Å². The maximum Gasteiger partial charge on any atom is 0.137 e. The molecule has 1 aromatic carbocycles. The minimum atomic E-state index is -0.157. The van der Waals surface area contributed by atoms with Crippen LogP contribution in [0.1, 0.15) is 17.2 Å². The molecule has 0 saturated carbocycles. The number of ether oxygens (including phenoxy) is 1. The topological polar surface area (TPSA) is 59.0 Å². The highest BCUT2D eigenvalue weighted by atomic mass is 32.1. The van der Waals surface area contributed by atoms with Crippen LogP contribution in [0, 0.1) is 11.3 Å². The third kappa shape index (κ3) is 2.84. The van der Waals surface area contributed by atoms with Gasteiger partial charge in [-0.15, -0.1) is 0 Å². The van der Waals surface area contributed by atoms with E-state index in [0.717, 1.165) is 5.56 Å². The van der Waals surface area contributed by atoms with Crippen molar-refractivity contribution >= 4 is 11.3 Å². The van der Waals surface area contributed by atoms with E-state index in [9.17, 15) is 0 Å². The molecule has 0 radical (unpaired) electrons. The summed E-state index contributed by atoms with van der Waals surface area (Å²) in [5.74, 6) is 0.672. The van der Waals surface area contributed by atoms with Gasteiger partial charge in [-0.25, -0.2) is 0 Å². The molecule has 4 heteroatoms. The van der Waals surface area contributed by atoms with Gasteiger partial charge in [0.25, 0.3) is 0 Å². The minimum absolute atomic E-state index is 0.157. The lowest BCUT2D eigenvalue weighted by Crippen LogP contribution is -2.17. The first kappa shape index (κ1) is 11.6. The molecule has 1 heterocycles. The molecule has 2 aromatic rings. The molecule has 2 rings (SSSR count). The monoisotopic (exact) mass is 244 g/mol. The van der Waals surface area contributed by atoms with Crippen molar-refractivity contribution in [2.75, 3.05) is 6.54 Å². The molecule has 86 valence electrons. The smallest absolute Gasteiger partial charge is 0.137 e. The first-order valence-electron chi connectivity index (χ1n) is 5.22. The molecule has 0 spiro atoms. The molecule has 0 bridgehead atoms. The van der Waals surface area contributed by atoms with Crippen LogP contribution < -0.4 is 10.5 Å². The summed E-state index contributed by atoms with van der Waals surface area (Å²) in [4.78, 5) is 0. The molecule has 0 fully saturated rings. The SMILES string of the molecule is N#Cc1cccc(OC(CN)c2ccsc2)c1. The number of hydrogen-bond donors (Lipinski definition) is 1. The maximum absolute atomic E-state index is 8.81. The second-order valence-electron chi connectivity index (χ2n) is 3.54. The van der Waals surface area contributed by atoms with E-state index in [1.807, 2.05) is 22.9 Å². The minimum Gasteiger partial charge on any atom is -0.484 e. The van der Waals surface area contributed by atoms with E-state index in [0.29, 0.717) is 17.9 Å². The Kier molecular flexibility index (Phi) is 3.76. The molecule has 3 nitrogen and oxygen atoms in total. The Bertz CT molecular complexity index is 516. The van der Waals surface area contributed by atoms with Crippen molar-refractivity contribution in [2.24, 2.45) is 5.73 Å². The van der Waals surface area contributed by atoms with Crippen LogP contribution in [0.2, 0.25) is 0 Å². The van der Waals surface area contributed by atoms with Crippen LogP contribution in [0.3, 0.4) is 0 Å². The number of rotatable bonds is 4. The molecule has 0 aliphatic carbocycles. The van der Waals surface area contributed by atoms with Gasteiger partial charge in [0.1, 0.15) is 11.9 Å². The van der Waals surface area contributed by atoms with Gasteiger partial charge in [-0.3, -0.25) is 0 Å². The highest BCUT2D eigenvalue weighted by Gasteiger charge is 2.11. The number of thiophene rings is 1. The highest BCUT2D eigenvalue weighted by molar-refractivity contribution is 7.07. The highest BCUT2D eigenvalue weighted by Crippen LogP contribution is 2.23. The summed E-state index contributed by atoms with van der Waals surface area (Å²) in [5.41, 5.74) is 7.35. The summed E-state index contributed by atoms with van der Waals surface area (Å²) in [6.07, 6.45) is -0.157. The number of benzene rings is 1. The second kappa shape index (κ2) is 5.48. The van der Waals surface area contributed by atoms with E-state index in [1.165, 1.54) is 0 Å². The average Bonchev–Trinajstić information content (AvgIpc) is 2.90. The summed E-state index contributed by atoms with van der Waals surface area (Å²) in [6, 6.07) is 11.2. The fourth-order valence-electron chi connectivity index (χ4n) is 1.51. The van der Waals surface area contributed by atoms with Gasteiger partial charge in [-0.1, -0.05) is 6.07 Å². The fraction of sp³-hybridized carbons (Fsp3) is 0.154. The average molecular weight is 244 g/mol. The summed E-state index contributed by atoms with van der Waals surface area (Å²) in [5, 5.41) is 12.8. The first-order valence-corrected chi connectivity index (χ1v) is 6.16. The van der Waals surface area contributed by atoms with Crippen molar-refractivity contribution in [2.45, 2.75) is 6.10 Å². The van der Waals surface area contributed by atoms with Gasteiger partial charge in [0.2, 0.25) is 0 Å². The summed E-state index contributed by atoms with van der Waals surface area (Å²) in [6.45, 7) is 0.410. The van der Waals surface area contributed by atoms with Crippen LogP contribution in [0.5, 0.6) is 5.75 Å². The van der Waals surface area contributed by atoms with Gasteiger partial charge in [0.05, 0.1) is 11.6 Å². The van der Waals surface area contributed by atoms with Gasteiger partial charge >= 0.3 is 0 Å². The Labute approximate surface area is 104 Å². The van der Waals surface area contributed by atoms with E-state index < -0.39 is 0 Å². The summed E-state index contributed by atoms with van der Waals surface area (Å²) < 4.78 is 5.78. The van der Waals surface area contributed by atoms with Crippen LogP contribution in [-0.4, -0.2) is 6.54 Å². The molecule has 1 atom stereocenters. The van der Waals surface area contributed by atoms with Crippen LogP contribution in [-0.2, 0) is 0 Å². The number of hydrogen-bond acceptors (Lipinski definition) is 4. The molecule has 17 heavy (non-hydrogen) atoms. The Hall–Kier alpha value is -1.83. The van der Waals surface area contributed by atoms with Gasteiger partial charge in [-0.05, 0) is 35.0 Å². The molecule has 0 saturated heterocycles. The molecular weight excluding hydrogens is 232 g/mol. The van der Waals surface area contributed by atoms with E-state index in [1.54, 1.807) is 29.5 Å². The second-order valence-corrected chi connectivity index (χ2v) is 4.32. The number of nitriles is 1. The van der Waals surface area contributed by atoms with Crippen molar-refractivity contribution in [3.63, 3.8) is 0 Å². The summed E-state index contributed by atoms with van der Waals surface area (Å²) in [7, 11) is 0. The van der Waals surface area contributed by atoms with Crippen LogP contribution in [0.4, 0.5) is 0 Å². The van der Waals surface area contributed by atoms with Crippen molar-refractivity contribution in [1.29, 1.82) is 5.26 Å². The van der Waals surface area contributed by atoms with E-state index in [-0.39, 0.29) is 6.10 Å². The van der Waals surface area contributed by atoms with E-state index in [4.69, 9.17) is 15.7 Å². The number of nitrogens with two attached hydrogens (primary N) is 1. The van der Waals surface area contributed by atoms with Crippen molar-refractivity contribution in [3.8, 4) is 11.8 Å². The predicted molar refractivity (Wildman–Crippen MR) is 67.9 cm³/mol. The van der Waals surface area contributed by atoms with Crippen molar-refractivity contribution < 1.29 is 4.74 Å². The molecule has 1 unspecified atom stereocenters. The Morgan fingerprint density at radius 3 is 2.94 bits per heavy atom. The van der Waals surface area contributed by atoms with Gasteiger partial charge < -0.3 is 10.5 Å². The van der Waals surface area contributed by atoms with Gasteiger partial charge in [0.15, 0.2) is 0 Å². The lowest BCUT2D eigenvalue weighted by atomic mass is 10.2. The lowest BCUT2D eigenvalue weighted by molar-refractivity contribution is 0.214. The normalized spacial score (nSPS) is 11.8. The largest absolute Gasteiger partial charge is 0.484 e. The molecule has 2 N–H and O–H groups in total. The molecule has 0 aliphatic heterocycles. The van der Waals surface area contributed by atoms with Crippen molar-refractivity contribution in [3.05, 3.63) is 52.2 Å². The molecular formula is C13H12N2OS. The Morgan fingerprint density at radius 1 is 1.41 bits per heavy atom. The maximum atomic E-state index is 8.81. The van der Waals surface area contributed by atoms with Gasteiger partial charge in [0, 0.05) is 12.1 Å². The van der Waals surface area contributed by atoms with Crippen LogP contribution >= 0.6 is 11.3 Å². The first-order chi connectivity index (χ1) is 8.33. The molecule has 0 amide bonds. The Balaban J connectivity index is 2.16. The van der Waals surface area contributed by atoms with Crippen LogP contribution in [0.15, 0.2) is 41.1 Å². The standard InChI is InChI=1S/C13H12N2OS/c14-7-10-2-1-3-12(6-10)16-13(8-15)11-4-5-17-9-11/h1-6,9,13H,8,15H2. The zero-order valence-electron chi connectivity index (χ0n) is 9.17. The zero-order chi connectivity index (χ0) is 12.1. The van der Waals surface area contributed by atoms with E-state index >= 15 is 0 Å². The predicted octanol–water partition coefficient (Wildman–Crippen LogP) is 2.70. The van der Waals surface area contributed by atoms with Gasteiger partial charge in [-0.2, -0.15) is 16.6 Å². The third-order valence-corrected chi connectivity index (χ3v) is 3.07. The fourth-order valence-corrected chi connectivity index (χ4v) is 2.22. The summed E-state index contributed by atoms with van der Waals surface area (Å²) >= 11 is 1.61. The molecule has 1 aromatic heterocycles. The quantitative estimate of drug-likeness (QED) is 0.899. The molecule has 0 aliphatic rings. The number of nitrogens with zero attached hydrogens (tertiary/aromatic N) is 1. The van der Waals surface area contributed by atoms with Crippen LogP contribution in [0.25, 0.3) is 0 Å².